The average Bonchev–Trinajstić information content (AvgIpc) is 2.77. The minimum atomic E-state index is -0.315. The molecule has 0 amide bonds. The normalized spacial score (nSPS) is 25.0. The molecule has 0 bridgehead atoms. The standard InChI is InChI=1S/C10H7B4N2O2/c11-4-1-6-7(2-5(4)12)18-8(3-17-6)9-15-10(13)14-16-9/h1-2,8,10H,3H2,(H,15,16). The van der Waals surface area contributed by atoms with Crippen molar-refractivity contribution < 1.29 is 9.47 Å². The lowest BCUT2D eigenvalue weighted by molar-refractivity contribution is 0.133. The predicted octanol–water partition coefficient (Wildman–Crippen LogP) is -2.51. The van der Waals surface area contributed by atoms with Crippen LogP contribution in [-0.4, -0.2) is 55.3 Å². The third kappa shape index (κ3) is 2.00. The molecule has 2 aliphatic heterocycles. The fraction of sp³-hybridized carbons (Fsp3) is 0.300. The highest BCUT2D eigenvalue weighted by molar-refractivity contribution is 6.53. The molecule has 1 N–H and O–H groups in total. The molecule has 0 aliphatic carbocycles. The Morgan fingerprint density at radius 1 is 1.28 bits per heavy atom. The van der Waals surface area contributed by atoms with Gasteiger partial charge in [-0.05, 0) is 18.0 Å². The van der Waals surface area contributed by atoms with Gasteiger partial charge in [0.25, 0.3) is 7.41 Å². The smallest absolute Gasteiger partial charge is 0.291 e. The molecule has 0 spiro atoms. The molecule has 1 aromatic carbocycles. The van der Waals surface area contributed by atoms with Crippen molar-refractivity contribution in [1.82, 2.24) is 5.32 Å². The zero-order valence-corrected chi connectivity index (χ0v) is 9.59. The molecule has 0 fully saturated rings. The van der Waals surface area contributed by atoms with Gasteiger partial charge in [0.2, 0.25) is 0 Å². The number of benzene rings is 1. The summed E-state index contributed by atoms with van der Waals surface area (Å²) in [4.78, 5) is 4.15. The highest BCUT2D eigenvalue weighted by atomic mass is 16.6. The largest absolute Gasteiger partial charge is 0.485 e. The van der Waals surface area contributed by atoms with Gasteiger partial charge in [-0.2, -0.15) is 0 Å². The van der Waals surface area contributed by atoms with Crippen LogP contribution < -0.4 is 25.7 Å². The van der Waals surface area contributed by atoms with Crippen molar-refractivity contribution in [2.75, 3.05) is 6.61 Å². The number of nitrogens with one attached hydrogen (secondary N) is 1. The molecule has 2 aliphatic rings. The van der Waals surface area contributed by atoms with Gasteiger partial charge in [-0.3, -0.25) is 0 Å². The maximum Gasteiger partial charge on any atom is 0.291 e. The molecule has 0 saturated heterocycles. The van der Waals surface area contributed by atoms with Crippen LogP contribution in [0.15, 0.2) is 17.0 Å². The van der Waals surface area contributed by atoms with Gasteiger partial charge in [0.05, 0.1) is 7.85 Å². The predicted molar refractivity (Wildman–Crippen MR) is 73.0 cm³/mol. The Morgan fingerprint density at radius 2 is 2.00 bits per heavy atom. The molecule has 2 atom stereocenters. The van der Waals surface area contributed by atoms with Gasteiger partial charge in [-0.1, -0.05) is 10.9 Å². The highest BCUT2D eigenvalue weighted by Crippen LogP contribution is 2.29. The minimum absolute atomic E-state index is 0.276. The summed E-state index contributed by atoms with van der Waals surface area (Å²) in [5.41, 5.74) is 0.935. The summed E-state index contributed by atoms with van der Waals surface area (Å²) in [6.07, 6.45) is -0.315. The van der Waals surface area contributed by atoms with E-state index in [1.165, 1.54) is 0 Å². The molecule has 1 aromatic rings. The van der Waals surface area contributed by atoms with Gasteiger partial charge >= 0.3 is 0 Å². The molecule has 81 valence electrons. The van der Waals surface area contributed by atoms with Gasteiger partial charge in [-0.15, -0.1) is 0 Å². The molecule has 2 heterocycles. The summed E-state index contributed by atoms with van der Waals surface area (Å²) in [5.74, 6) is 1.53. The molecule has 8 heteroatoms. The van der Waals surface area contributed by atoms with Crippen molar-refractivity contribution in [1.29, 1.82) is 0 Å². The van der Waals surface area contributed by atoms with E-state index in [1.54, 1.807) is 19.5 Å². The number of nitrogens with zero attached hydrogens (tertiary/aromatic N) is 1. The zero-order valence-electron chi connectivity index (χ0n) is 9.59. The molecule has 0 saturated carbocycles. The topological polar surface area (TPSA) is 42.8 Å². The third-order valence-electron chi connectivity index (χ3n) is 2.80. The monoisotopic (exact) mass is 231 g/mol. The number of ether oxygens (including phenoxy) is 2. The first-order valence-electron chi connectivity index (χ1n) is 5.55. The number of amidine groups is 1. The molecule has 0 aromatic heterocycles. The summed E-state index contributed by atoms with van der Waals surface area (Å²) in [6, 6.07) is 3.30. The lowest BCUT2D eigenvalue weighted by Crippen LogP contribution is -2.45. The summed E-state index contributed by atoms with van der Waals surface area (Å²) < 4.78 is 11.4. The van der Waals surface area contributed by atoms with E-state index >= 15 is 0 Å². The Morgan fingerprint density at radius 3 is 2.67 bits per heavy atom. The summed E-state index contributed by atoms with van der Waals surface area (Å²) in [5, 5.41) is 2.99. The van der Waals surface area contributed by atoms with Gasteiger partial charge in [0.1, 0.15) is 28.1 Å². The van der Waals surface area contributed by atoms with E-state index in [4.69, 9.17) is 33.0 Å². The number of hydrogen-bond donors (Lipinski definition) is 1. The number of rotatable bonds is 1. The van der Waals surface area contributed by atoms with Gasteiger partial charge in [-0.25, -0.2) is 0 Å². The van der Waals surface area contributed by atoms with Crippen molar-refractivity contribution in [2.24, 2.45) is 4.90 Å². The van der Waals surface area contributed by atoms with E-state index in [0.717, 1.165) is 0 Å². The van der Waals surface area contributed by atoms with Crippen LogP contribution in [0.4, 0.5) is 0 Å². The second-order valence-electron chi connectivity index (χ2n) is 4.18. The van der Waals surface area contributed by atoms with Gasteiger partial charge in [0.15, 0.2) is 17.6 Å². The Labute approximate surface area is 110 Å². The van der Waals surface area contributed by atoms with Crippen LogP contribution in [0.25, 0.3) is 0 Å². The van der Waals surface area contributed by atoms with Crippen molar-refractivity contribution in [3.05, 3.63) is 12.1 Å². The Hall–Kier alpha value is -1.45. The van der Waals surface area contributed by atoms with Crippen LogP contribution in [0.5, 0.6) is 11.5 Å². The van der Waals surface area contributed by atoms with E-state index in [9.17, 15) is 0 Å². The summed E-state index contributed by atoms with van der Waals surface area (Å²) >= 11 is 0. The van der Waals surface area contributed by atoms with Crippen molar-refractivity contribution in [3.63, 3.8) is 0 Å². The van der Waals surface area contributed by atoms with Crippen molar-refractivity contribution in [2.45, 2.75) is 11.9 Å². The summed E-state index contributed by atoms with van der Waals surface area (Å²) in [7, 11) is 18.7. The zero-order chi connectivity index (χ0) is 12.7. The third-order valence-corrected chi connectivity index (χ3v) is 2.80. The maximum absolute atomic E-state index is 5.77. The maximum atomic E-state index is 5.77. The number of fused-ring (bicyclic) bond motifs is 1. The molecule has 7 radical (unpaired) electrons. The van der Waals surface area contributed by atoms with Crippen molar-refractivity contribution in [3.8, 4) is 11.5 Å². The van der Waals surface area contributed by atoms with Gasteiger partial charge in [0, 0.05) is 0 Å². The van der Waals surface area contributed by atoms with Gasteiger partial charge < -0.3 is 19.7 Å². The van der Waals surface area contributed by atoms with Crippen LogP contribution in [-0.2, 0) is 0 Å². The average molecular weight is 230 g/mol. The Balaban J connectivity index is 1.83. The van der Waals surface area contributed by atoms with E-state index < -0.39 is 0 Å². The van der Waals surface area contributed by atoms with Crippen LogP contribution in [0.2, 0.25) is 0 Å². The lowest BCUT2D eigenvalue weighted by Gasteiger charge is -2.28. The molecule has 18 heavy (non-hydrogen) atoms. The van der Waals surface area contributed by atoms with E-state index in [0.29, 0.717) is 34.9 Å². The first-order valence-corrected chi connectivity index (χ1v) is 5.55. The summed E-state index contributed by atoms with van der Waals surface area (Å²) in [6.45, 7) is 0.350. The second kappa shape index (κ2) is 4.34. The fourth-order valence-electron chi connectivity index (χ4n) is 1.87. The van der Waals surface area contributed by atoms with Crippen LogP contribution >= 0.6 is 0 Å². The number of hydrogen-bond acceptors (Lipinski definition) is 4. The lowest BCUT2D eigenvalue weighted by atomic mass is 9.71. The highest BCUT2D eigenvalue weighted by Gasteiger charge is 2.29. The molecule has 2 unspecified atom stereocenters. The quantitative estimate of drug-likeness (QED) is 0.542. The van der Waals surface area contributed by atoms with E-state index in [-0.39, 0.29) is 11.9 Å². The van der Waals surface area contributed by atoms with Crippen LogP contribution in [0, 0.1) is 0 Å². The van der Waals surface area contributed by atoms with Crippen molar-refractivity contribution >= 4 is 47.7 Å². The van der Waals surface area contributed by atoms with E-state index in [2.05, 4.69) is 10.2 Å². The Kier molecular flexibility index (Phi) is 2.80. The molecule has 3 rings (SSSR count). The first-order chi connectivity index (χ1) is 8.63. The van der Waals surface area contributed by atoms with E-state index in [1.807, 2.05) is 0 Å². The first kappa shape index (κ1) is 11.6. The fourth-order valence-corrected chi connectivity index (χ4v) is 1.87. The minimum Gasteiger partial charge on any atom is -0.485 e. The molecule has 4 nitrogen and oxygen atoms in total. The van der Waals surface area contributed by atoms with Crippen LogP contribution in [0.3, 0.4) is 0 Å². The Bertz CT molecular complexity index is 523. The second-order valence-corrected chi connectivity index (χ2v) is 4.18. The SMILES string of the molecule is [B]c1cc2c(cc1[B])OC(C1=N[B]C([B])N1)CO2. The molecular formula is C10H7B4N2O2. The molecular weight excluding hydrogens is 223 g/mol. The van der Waals surface area contributed by atoms with Crippen LogP contribution in [0.1, 0.15) is 0 Å².